The minimum absolute atomic E-state index is 0.0146. The van der Waals surface area contributed by atoms with Gasteiger partial charge in [0.2, 0.25) is 0 Å². The number of halogens is 1. The van der Waals surface area contributed by atoms with Crippen molar-refractivity contribution in [2.24, 2.45) is 0 Å². The summed E-state index contributed by atoms with van der Waals surface area (Å²) in [5, 5.41) is 4.14. The van der Waals surface area contributed by atoms with Crippen LogP contribution in [0.3, 0.4) is 0 Å². The summed E-state index contributed by atoms with van der Waals surface area (Å²) >= 11 is 11.0. The van der Waals surface area contributed by atoms with Gasteiger partial charge in [-0.25, -0.2) is 0 Å². The molecule has 1 aromatic carbocycles. The number of thiophene rings is 1. The van der Waals surface area contributed by atoms with Crippen molar-refractivity contribution in [1.29, 1.82) is 0 Å². The fourth-order valence-corrected chi connectivity index (χ4v) is 5.07. The molecule has 1 aliphatic rings. The van der Waals surface area contributed by atoms with E-state index in [1.165, 1.54) is 4.88 Å². The Hall–Kier alpha value is -1.96. The first-order valence-electron chi connectivity index (χ1n) is 8.07. The second kappa shape index (κ2) is 7.34. The molecule has 7 heteroatoms. The molecule has 0 bridgehead atoms. The highest BCUT2D eigenvalue weighted by Gasteiger charge is 2.41. The van der Waals surface area contributed by atoms with Crippen molar-refractivity contribution < 1.29 is 4.74 Å². The Morgan fingerprint density at radius 2 is 2.08 bits per heavy atom. The molecule has 1 N–H and O–H groups in total. The van der Waals surface area contributed by atoms with Crippen LogP contribution in [0.4, 0.5) is 5.69 Å². The van der Waals surface area contributed by atoms with E-state index < -0.39 is 0 Å². The van der Waals surface area contributed by atoms with Gasteiger partial charge in [-0.05, 0) is 64.5 Å². The van der Waals surface area contributed by atoms with E-state index in [0.717, 1.165) is 20.9 Å². The zero-order valence-electron chi connectivity index (χ0n) is 13.9. The van der Waals surface area contributed by atoms with E-state index >= 15 is 0 Å². The maximum Gasteiger partial charge on any atom is 0.174 e. The quantitative estimate of drug-likeness (QED) is 0.565. The summed E-state index contributed by atoms with van der Waals surface area (Å²) in [5.74, 6) is 0.803. The Balaban J connectivity index is 1.82. The Bertz CT molecular complexity index is 931. The van der Waals surface area contributed by atoms with Crippen LogP contribution in [-0.2, 0) is 0 Å². The molecule has 2 unspecified atom stereocenters. The van der Waals surface area contributed by atoms with E-state index in [4.69, 9.17) is 17.0 Å². The highest BCUT2D eigenvalue weighted by Crippen LogP contribution is 2.44. The largest absolute Gasteiger partial charge is 0.497 e. The van der Waals surface area contributed by atoms with E-state index in [1.54, 1.807) is 18.4 Å². The highest BCUT2D eigenvalue weighted by molar-refractivity contribution is 9.11. The monoisotopic (exact) mass is 445 g/mol. The standard InChI is InChI=1S/C19H16BrN3OS2/c1-24-13-6-4-5-12(11-13)23-18(15-8-9-16(20)26-15)17(22-19(23)25)14-7-2-3-10-21-14/h2-11,17-18H,1H3,(H,22,25). The van der Waals surface area contributed by atoms with Crippen LogP contribution in [0.25, 0.3) is 0 Å². The Kier molecular flexibility index (Phi) is 4.93. The lowest BCUT2D eigenvalue weighted by molar-refractivity contribution is 0.415. The molecule has 1 fully saturated rings. The van der Waals surface area contributed by atoms with E-state index in [1.807, 2.05) is 48.7 Å². The van der Waals surface area contributed by atoms with Gasteiger partial charge >= 0.3 is 0 Å². The fourth-order valence-electron chi connectivity index (χ4n) is 3.17. The van der Waals surface area contributed by atoms with Gasteiger partial charge in [-0.1, -0.05) is 12.1 Å². The number of nitrogens with one attached hydrogen (secondary N) is 1. The first-order chi connectivity index (χ1) is 12.7. The smallest absolute Gasteiger partial charge is 0.174 e. The molecule has 0 spiro atoms. The Morgan fingerprint density at radius 1 is 1.19 bits per heavy atom. The van der Waals surface area contributed by atoms with E-state index in [-0.39, 0.29) is 12.1 Å². The van der Waals surface area contributed by atoms with Crippen molar-refractivity contribution in [3.63, 3.8) is 0 Å². The predicted octanol–water partition coefficient (Wildman–Crippen LogP) is 5.09. The third-order valence-corrected chi connectivity index (χ3v) is 6.32. The lowest BCUT2D eigenvalue weighted by Crippen LogP contribution is -2.29. The lowest BCUT2D eigenvalue weighted by atomic mass is 10.0. The molecule has 26 heavy (non-hydrogen) atoms. The van der Waals surface area contributed by atoms with Gasteiger partial charge in [0.1, 0.15) is 5.75 Å². The van der Waals surface area contributed by atoms with Gasteiger partial charge in [-0.2, -0.15) is 0 Å². The molecular weight excluding hydrogens is 430 g/mol. The van der Waals surface area contributed by atoms with Crippen molar-refractivity contribution in [2.45, 2.75) is 12.1 Å². The maximum absolute atomic E-state index is 5.70. The minimum Gasteiger partial charge on any atom is -0.497 e. The lowest BCUT2D eigenvalue weighted by Gasteiger charge is -2.27. The van der Waals surface area contributed by atoms with Crippen LogP contribution in [0.15, 0.2) is 64.6 Å². The number of thiocarbonyl (C=S) groups is 1. The highest BCUT2D eigenvalue weighted by atomic mass is 79.9. The van der Waals surface area contributed by atoms with E-state index in [0.29, 0.717) is 5.11 Å². The fraction of sp³-hybridized carbons (Fsp3) is 0.158. The third kappa shape index (κ3) is 3.22. The molecule has 0 amide bonds. The number of nitrogens with zero attached hydrogens (tertiary/aromatic N) is 2. The van der Waals surface area contributed by atoms with Crippen LogP contribution in [0.5, 0.6) is 5.75 Å². The molecule has 2 aromatic heterocycles. The van der Waals surface area contributed by atoms with Gasteiger partial charge in [-0.3, -0.25) is 4.98 Å². The van der Waals surface area contributed by atoms with Gasteiger partial charge in [0.15, 0.2) is 5.11 Å². The zero-order chi connectivity index (χ0) is 18.1. The Labute approximate surface area is 170 Å². The summed E-state index contributed by atoms with van der Waals surface area (Å²) in [6.07, 6.45) is 1.82. The van der Waals surface area contributed by atoms with E-state index in [9.17, 15) is 0 Å². The summed E-state index contributed by atoms with van der Waals surface area (Å²) in [5.41, 5.74) is 1.96. The molecule has 4 rings (SSSR count). The first-order valence-corrected chi connectivity index (χ1v) is 10.1. The number of ether oxygens (including phenoxy) is 1. The van der Waals surface area contributed by atoms with Crippen LogP contribution in [0.2, 0.25) is 0 Å². The molecule has 4 nitrogen and oxygen atoms in total. The minimum atomic E-state index is -0.0274. The summed E-state index contributed by atoms with van der Waals surface area (Å²) in [7, 11) is 1.67. The van der Waals surface area contributed by atoms with Crippen molar-refractivity contribution >= 4 is 50.3 Å². The molecule has 3 aromatic rings. The van der Waals surface area contributed by atoms with Gasteiger partial charge in [0, 0.05) is 22.8 Å². The van der Waals surface area contributed by atoms with Crippen molar-refractivity contribution in [1.82, 2.24) is 10.3 Å². The van der Waals surface area contributed by atoms with E-state index in [2.05, 4.69) is 43.3 Å². The van der Waals surface area contributed by atoms with Crippen LogP contribution >= 0.6 is 39.5 Å². The van der Waals surface area contributed by atoms with Crippen LogP contribution in [0, 0.1) is 0 Å². The van der Waals surface area contributed by atoms with Crippen molar-refractivity contribution in [2.75, 3.05) is 12.0 Å². The molecular formula is C19H16BrN3OS2. The summed E-state index contributed by atoms with van der Waals surface area (Å²) in [4.78, 5) is 7.92. The molecule has 0 radical (unpaired) electrons. The molecule has 2 atom stereocenters. The SMILES string of the molecule is COc1cccc(N2C(=S)NC(c3ccccn3)C2c2ccc(Br)s2)c1. The van der Waals surface area contributed by atoms with Gasteiger partial charge in [0.25, 0.3) is 0 Å². The molecule has 132 valence electrons. The molecule has 0 aliphatic carbocycles. The number of methoxy groups -OCH3 is 1. The average Bonchev–Trinajstić information content (AvgIpc) is 3.25. The number of benzene rings is 1. The number of hydrogen-bond acceptors (Lipinski definition) is 4. The number of anilines is 1. The van der Waals surface area contributed by atoms with Crippen LogP contribution in [-0.4, -0.2) is 17.2 Å². The number of hydrogen-bond donors (Lipinski definition) is 1. The molecule has 0 saturated carbocycles. The van der Waals surface area contributed by atoms with Gasteiger partial charge < -0.3 is 15.0 Å². The topological polar surface area (TPSA) is 37.4 Å². The average molecular weight is 446 g/mol. The summed E-state index contributed by atoms with van der Waals surface area (Å²) in [6, 6.07) is 18.1. The molecule has 1 aliphatic heterocycles. The van der Waals surface area contributed by atoms with Crippen LogP contribution < -0.4 is 15.0 Å². The molecule has 3 heterocycles. The Morgan fingerprint density at radius 3 is 2.77 bits per heavy atom. The maximum atomic E-state index is 5.70. The van der Waals surface area contributed by atoms with Crippen LogP contribution in [0.1, 0.15) is 22.7 Å². The second-order valence-corrected chi connectivity index (χ2v) is 8.72. The second-order valence-electron chi connectivity index (χ2n) is 5.84. The van der Waals surface area contributed by atoms with Gasteiger partial charge in [0.05, 0.1) is 28.7 Å². The number of rotatable bonds is 4. The third-order valence-electron chi connectivity index (χ3n) is 4.32. The first kappa shape index (κ1) is 17.5. The van der Waals surface area contributed by atoms with Crippen molar-refractivity contribution in [3.8, 4) is 5.75 Å². The van der Waals surface area contributed by atoms with Crippen molar-refractivity contribution in [3.05, 3.63) is 75.2 Å². The number of pyridine rings is 1. The summed E-state index contributed by atoms with van der Waals surface area (Å²) < 4.78 is 6.49. The zero-order valence-corrected chi connectivity index (χ0v) is 17.1. The summed E-state index contributed by atoms with van der Waals surface area (Å²) in [6.45, 7) is 0. The van der Waals surface area contributed by atoms with Gasteiger partial charge in [-0.15, -0.1) is 11.3 Å². The predicted molar refractivity (Wildman–Crippen MR) is 113 cm³/mol. The normalized spacial score (nSPS) is 19.5. The molecule has 1 saturated heterocycles. The number of aromatic nitrogens is 1.